The van der Waals surface area contributed by atoms with E-state index in [1.165, 1.54) is 0 Å². The zero-order chi connectivity index (χ0) is 21.3. The van der Waals surface area contributed by atoms with Gasteiger partial charge in [0, 0.05) is 18.7 Å². The van der Waals surface area contributed by atoms with E-state index in [9.17, 15) is 9.59 Å². The predicted molar refractivity (Wildman–Crippen MR) is 115 cm³/mol. The first-order valence-corrected chi connectivity index (χ1v) is 9.97. The van der Waals surface area contributed by atoms with Gasteiger partial charge in [-0.3, -0.25) is 9.59 Å². The Bertz CT molecular complexity index is 1110. The number of nitrogens with zero attached hydrogens (tertiary/aromatic N) is 4. The molecule has 1 aromatic carbocycles. The molecule has 8 heteroatoms. The van der Waals surface area contributed by atoms with Crippen LogP contribution in [0.2, 0.25) is 0 Å². The van der Waals surface area contributed by atoms with E-state index in [0.29, 0.717) is 23.3 Å². The largest absolute Gasteiger partial charge is 0.369 e. The second-order valence-corrected chi connectivity index (χ2v) is 7.64. The van der Waals surface area contributed by atoms with Gasteiger partial charge in [0.15, 0.2) is 0 Å². The molecule has 1 aliphatic rings. The molecular weight excluding hydrogens is 380 g/mol. The van der Waals surface area contributed by atoms with Crippen molar-refractivity contribution < 1.29 is 9.59 Å². The van der Waals surface area contributed by atoms with Gasteiger partial charge in [0.05, 0.1) is 40.2 Å². The number of pyridine rings is 1. The van der Waals surface area contributed by atoms with Crippen LogP contribution >= 0.6 is 0 Å². The normalized spacial score (nSPS) is 16.5. The number of benzene rings is 1. The van der Waals surface area contributed by atoms with E-state index < -0.39 is 0 Å². The minimum absolute atomic E-state index is 0.150. The molecular formula is C22H24N6O2. The molecule has 0 spiro atoms. The average Bonchev–Trinajstić information content (AvgIpc) is 2.75. The number of rotatable bonds is 4. The monoisotopic (exact) mass is 404 g/mol. The fraction of sp³-hybridized carbons (Fsp3) is 0.318. The summed E-state index contributed by atoms with van der Waals surface area (Å²) in [5.74, 6) is 0.112. The maximum atomic E-state index is 12.7. The molecule has 4 rings (SSSR count). The standard InChI is InChI=1S/C22H24N6O2/c1-13-14(2)26-19-10-15(5-7-18(19)25-13)22(30)27-17-6-8-20(24-11-17)28-9-3-4-16(12-28)21(23)29/h5-8,10-11,16H,3-4,9,12H2,1-2H3,(H2,23,29)(H,27,30). The maximum Gasteiger partial charge on any atom is 0.255 e. The van der Waals surface area contributed by atoms with Crippen molar-refractivity contribution in [3.63, 3.8) is 0 Å². The summed E-state index contributed by atoms with van der Waals surface area (Å²) in [6.07, 6.45) is 3.34. The minimum atomic E-state index is -0.269. The molecule has 0 aliphatic carbocycles. The minimum Gasteiger partial charge on any atom is -0.369 e. The Balaban J connectivity index is 1.46. The molecule has 3 N–H and O–H groups in total. The molecule has 2 amide bonds. The number of aryl methyl sites for hydroxylation is 2. The van der Waals surface area contributed by atoms with Crippen molar-refractivity contribution in [1.29, 1.82) is 0 Å². The van der Waals surface area contributed by atoms with Crippen molar-refractivity contribution in [2.75, 3.05) is 23.3 Å². The molecule has 1 aliphatic heterocycles. The summed E-state index contributed by atoms with van der Waals surface area (Å²) in [6, 6.07) is 8.93. The van der Waals surface area contributed by atoms with E-state index in [4.69, 9.17) is 5.73 Å². The van der Waals surface area contributed by atoms with Crippen LogP contribution in [0.25, 0.3) is 11.0 Å². The molecule has 0 bridgehead atoms. The molecule has 1 atom stereocenters. The third-order valence-electron chi connectivity index (χ3n) is 5.49. The number of anilines is 2. The van der Waals surface area contributed by atoms with Crippen LogP contribution in [-0.4, -0.2) is 39.9 Å². The summed E-state index contributed by atoms with van der Waals surface area (Å²) in [5, 5.41) is 2.86. The SMILES string of the molecule is Cc1nc2ccc(C(=O)Nc3ccc(N4CCCC(C(N)=O)C4)nc3)cc2nc1C. The lowest BCUT2D eigenvalue weighted by atomic mass is 9.97. The van der Waals surface area contributed by atoms with E-state index in [2.05, 4.69) is 25.2 Å². The second-order valence-electron chi connectivity index (χ2n) is 7.64. The third-order valence-corrected chi connectivity index (χ3v) is 5.49. The van der Waals surface area contributed by atoms with Crippen LogP contribution in [0.4, 0.5) is 11.5 Å². The molecule has 8 nitrogen and oxygen atoms in total. The fourth-order valence-electron chi connectivity index (χ4n) is 3.64. The number of amides is 2. The Labute approximate surface area is 174 Å². The van der Waals surface area contributed by atoms with Crippen molar-refractivity contribution >= 4 is 34.4 Å². The highest BCUT2D eigenvalue weighted by atomic mass is 16.2. The average molecular weight is 404 g/mol. The van der Waals surface area contributed by atoms with E-state index in [-0.39, 0.29) is 17.7 Å². The Morgan fingerprint density at radius 1 is 1.10 bits per heavy atom. The van der Waals surface area contributed by atoms with Gasteiger partial charge in [0.2, 0.25) is 5.91 Å². The van der Waals surface area contributed by atoms with Gasteiger partial charge in [0.1, 0.15) is 5.82 Å². The highest BCUT2D eigenvalue weighted by Gasteiger charge is 2.24. The quantitative estimate of drug-likeness (QED) is 0.691. The number of nitrogens with one attached hydrogen (secondary N) is 1. The molecule has 1 saturated heterocycles. The van der Waals surface area contributed by atoms with Gasteiger partial charge in [-0.2, -0.15) is 0 Å². The van der Waals surface area contributed by atoms with Gasteiger partial charge < -0.3 is 16.0 Å². The molecule has 3 aromatic rings. The van der Waals surface area contributed by atoms with E-state index >= 15 is 0 Å². The molecule has 0 saturated carbocycles. The summed E-state index contributed by atoms with van der Waals surface area (Å²) in [5.41, 5.74) is 9.72. The number of nitrogens with two attached hydrogens (primary N) is 1. The first-order chi connectivity index (χ1) is 14.4. The molecule has 3 heterocycles. The van der Waals surface area contributed by atoms with Gasteiger partial charge in [-0.25, -0.2) is 15.0 Å². The molecule has 1 fully saturated rings. The van der Waals surface area contributed by atoms with Crippen molar-refractivity contribution in [2.24, 2.45) is 11.7 Å². The van der Waals surface area contributed by atoms with Crippen molar-refractivity contribution in [2.45, 2.75) is 26.7 Å². The first-order valence-electron chi connectivity index (χ1n) is 9.97. The zero-order valence-corrected chi connectivity index (χ0v) is 17.1. The van der Waals surface area contributed by atoms with Crippen LogP contribution < -0.4 is 16.0 Å². The summed E-state index contributed by atoms with van der Waals surface area (Å²) in [7, 11) is 0. The summed E-state index contributed by atoms with van der Waals surface area (Å²) < 4.78 is 0. The van der Waals surface area contributed by atoms with E-state index in [1.807, 2.05) is 26.0 Å². The number of hydrogen-bond acceptors (Lipinski definition) is 6. The summed E-state index contributed by atoms with van der Waals surface area (Å²) >= 11 is 0. The van der Waals surface area contributed by atoms with Crippen molar-refractivity contribution in [1.82, 2.24) is 15.0 Å². The predicted octanol–water partition coefficient (Wildman–Crippen LogP) is 2.60. The van der Waals surface area contributed by atoms with Crippen LogP contribution in [0.1, 0.15) is 34.6 Å². The Morgan fingerprint density at radius 3 is 2.57 bits per heavy atom. The summed E-state index contributed by atoms with van der Waals surface area (Å²) in [6.45, 7) is 5.22. The highest BCUT2D eigenvalue weighted by Crippen LogP contribution is 2.23. The molecule has 154 valence electrons. The number of carbonyl (C=O) groups excluding carboxylic acids is 2. The highest BCUT2D eigenvalue weighted by molar-refractivity contribution is 6.05. The second kappa shape index (κ2) is 8.06. The van der Waals surface area contributed by atoms with Crippen molar-refractivity contribution in [3.8, 4) is 0 Å². The third kappa shape index (κ3) is 4.07. The number of aromatic nitrogens is 3. The number of carbonyl (C=O) groups is 2. The Kier molecular flexibility index (Phi) is 5.31. The van der Waals surface area contributed by atoms with E-state index in [0.717, 1.165) is 42.1 Å². The summed E-state index contributed by atoms with van der Waals surface area (Å²) in [4.78, 5) is 39.7. The van der Waals surface area contributed by atoms with Gasteiger partial charge in [-0.1, -0.05) is 0 Å². The van der Waals surface area contributed by atoms with Gasteiger partial charge in [0.25, 0.3) is 5.91 Å². The Hall–Kier alpha value is -3.55. The maximum absolute atomic E-state index is 12.7. The molecule has 0 radical (unpaired) electrons. The van der Waals surface area contributed by atoms with E-state index in [1.54, 1.807) is 24.4 Å². The van der Waals surface area contributed by atoms with Crippen LogP contribution in [0.15, 0.2) is 36.5 Å². The number of fused-ring (bicyclic) bond motifs is 1. The molecule has 30 heavy (non-hydrogen) atoms. The van der Waals surface area contributed by atoms with Crippen molar-refractivity contribution in [3.05, 3.63) is 53.5 Å². The molecule has 2 aromatic heterocycles. The van der Waals surface area contributed by atoms with Crippen LogP contribution in [-0.2, 0) is 4.79 Å². The lowest BCUT2D eigenvalue weighted by Crippen LogP contribution is -2.41. The number of hydrogen-bond donors (Lipinski definition) is 2. The topological polar surface area (TPSA) is 114 Å². The number of piperidine rings is 1. The smallest absolute Gasteiger partial charge is 0.255 e. The molecule has 1 unspecified atom stereocenters. The number of primary amides is 1. The fourth-order valence-corrected chi connectivity index (χ4v) is 3.64. The van der Waals surface area contributed by atoms with Gasteiger partial charge >= 0.3 is 0 Å². The lowest BCUT2D eigenvalue weighted by molar-refractivity contribution is -0.122. The van der Waals surface area contributed by atoms with Gasteiger partial charge in [-0.05, 0) is 57.0 Å². The zero-order valence-electron chi connectivity index (χ0n) is 17.1. The van der Waals surface area contributed by atoms with Crippen LogP contribution in [0.5, 0.6) is 0 Å². The van der Waals surface area contributed by atoms with Crippen LogP contribution in [0.3, 0.4) is 0 Å². The van der Waals surface area contributed by atoms with Crippen LogP contribution in [0, 0.1) is 19.8 Å². The Morgan fingerprint density at radius 2 is 1.87 bits per heavy atom. The first kappa shape index (κ1) is 19.8. The lowest BCUT2D eigenvalue weighted by Gasteiger charge is -2.32. The van der Waals surface area contributed by atoms with Gasteiger partial charge in [-0.15, -0.1) is 0 Å².